The number of rotatable bonds is 6. The maximum atomic E-state index is 12.4. The summed E-state index contributed by atoms with van der Waals surface area (Å²) in [6.45, 7) is 0.478. The number of pyridine rings is 1. The first kappa shape index (κ1) is 16.0. The van der Waals surface area contributed by atoms with Gasteiger partial charge in [0.2, 0.25) is 0 Å². The fraction of sp³-hybridized carbons (Fsp3) is 0.294. The molecule has 0 aliphatic heterocycles. The van der Waals surface area contributed by atoms with E-state index in [-0.39, 0.29) is 5.91 Å². The number of anilines is 1. The second kappa shape index (κ2) is 7.56. The second-order valence-corrected chi connectivity index (χ2v) is 5.12. The van der Waals surface area contributed by atoms with Gasteiger partial charge >= 0.3 is 0 Å². The molecule has 2 N–H and O–H groups in total. The van der Waals surface area contributed by atoms with Crippen LogP contribution < -0.4 is 5.32 Å². The summed E-state index contributed by atoms with van der Waals surface area (Å²) in [5, 5.41) is 13.1. The molecule has 2 rings (SSSR count). The van der Waals surface area contributed by atoms with Crippen LogP contribution in [0.25, 0.3) is 0 Å². The van der Waals surface area contributed by atoms with Crippen molar-refractivity contribution in [3.63, 3.8) is 0 Å². The van der Waals surface area contributed by atoms with E-state index in [2.05, 4.69) is 10.3 Å². The van der Waals surface area contributed by atoms with E-state index in [9.17, 15) is 9.90 Å². The highest BCUT2D eigenvalue weighted by Crippen LogP contribution is 2.17. The fourth-order valence-electron chi connectivity index (χ4n) is 2.18. The van der Waals surface area contributed by atoms with Gasteiger partial charge in [0.25, 0.3) is 5.91 Å². The largest absolute Gasteiger partial charge is 0.388 e. The number of aliphatic hydroxyl groups is 1. The summed E-state index contributed by atoms with van der Waals surface area (Å²) in [5.41, 5.74) is 1.45. The van der Waals surface area contributed by atoms with E-state index >= 15 is 0 Å². The van der Waals surface area contributed by atoms with E-state index < -0.39 is 6.10 Å². The molecule has 2 aromatic rings. The Kier molecular flexibility index (Phi) is 5.49. The lowest BCUT2D eigenvalue weighted by molar-refractivity contribution is 0.0761. The average molecular weight is 299 g/mol. The van der Waals surface area contributed by atoms with Crippen molar-refractivity contribution in [1.29, 1.82) is 0 Å². The average Bonchev–Trinajstić information content (AvgIpc) is 2.59. The Bertz CT molecular complexity index is 616. The van der Waals surface area contributed by atoms with Crippen molar-refractivity contribution in [2.75, 3.05) is 26.0 Å². The Morgan fingerprint density at radius 2 is 2.05 bits per heavy atom. The van der Waals surface area contributed by atoms with Crippen LogP contribution in [-0.4, -0.2) is 41.5 Å². The summed E-state index contributed by atoms with van der Waals surface area (Å²) < 4.78 is 0. The van der Waals surface area contributed by atoms with Crippen molar-refractivity contribution >= 4 is 11.7 Å². The summed E-state index contributed by atoms with van der Waals surface area (Å²) in [5.74, 6) is 0.572. The molecule has 5 nitrogen and oxygen atoms in total. The van der Waals surface area contributed by atoms with Gasteiger partial charge in [-0.2, -0.15) is 0 Å². The normalized spacial score (nSPS) is 11.8. The van der Waals surface area contributed by atoms with Crippen molar-refractivity contribution in [2.45, 2.75) is 12.5 Å². The first-order valence-electron chi connectivity index (χ1n) is 7.24. The molecule has 0 radical (unpaired) electrons. The van der Waals surface area contributed by atoms with E-state index in [0.717, 1.165) is 5.56 Å². The quantitative estimate of drug-likeness (QED) is 0.859. The molecule has 0 aliphatic carbocycles. The number of carbonyl (C=O) groups is 1. The van der Waals surface area contributed by atoms with E-state index in [1.165, 1.54) is 0 Å². The highest BCUT2D eigenvalue weighted by atomic mass is 16.3. The Labute approximate surface area is 130 Å². The van der Waals surface area contributed by atoms with Gasteiger partial charge in [0.05, 0.1) is 6.10 Å². The van der Waals surface area contributed by atoms with Crippen LogP contribution in [0.3, 0.4) is 0 Å². The van der Waals surface area contributed by atoms with Gasteiger partial charge in [-0.3, -0.25) is 4.79 Å². The van der Waals surface area contributed by atoms with Gasteiger partial charge in [-0.05, 0) is 24.1 Å². The molecule has 0 unspecified atom stereocenters. The number of amides is 1. The monoisotopic (exact) mass is 299 g/mol. The molecule has 5 heteroatoms. The lowest BCUT2D eigenvalue weighted by Gasteiger charge is -2.19. The van der Waals surface area contributed by atoms with Crippen molar-refractivity contribution in [1.82, 2.24) is 9.88 Å². The van der Waals surface area contributed by atoms with E-state index in [0.29, 0.717) is 24.3 Å². The Morgan fingerprint density at radius 3 is 2.73 bits per heavy atom. The molecule has 1 aromatic carbocycles. The third-order valence-corrected chi connectivity index (χ3v) is 3.53. The molecule has 0 saturated carbocycles. The number of benzene rings is 1. The van der Waals surface area contributed by atoms with Crippen LogP contribution in [0, 0.1) is 0 Å². The van der Waals surface area contributed by atoms with Crippen LogP contribution in [0.2, 0.25) is 0 Å². The van der Waals surface area contributed by atoms with Gasteiger partial charge in [0.1, 0.15) is 5.82 Å². The number of aromatic nitrogens is 1. The fourth-order valence-corrected chi connectivity index (χ4v) is 2.18. The molecule has 116 valence electrons. The SMILES string of the molecule is CNc1cc(C(=O)N(C)CC[C@H](O)c2ccccc2)ccn1. The van der Waals surface area contributed by atoms with Gasteiger partial charge in [0, 0.05) is 32.4 Å². The van der Waals surface area contributed by atoms with Crippen LogP contribution in [-0.2, 0) is 0 Å². The molecule has 0 spiro atoms. The maximum absolute atomic E-state index is 12.4. The number of nitrogens with one attached hydrogen (secondary N) is 1. The smallest absolute Gasteiger partial charge is 0.253 e. The second-order valence-electron chi connectivity index (χ2n) is 5.12. The molecular formula is C17H21N3O2. The molecule has 1 heterocycles. The van der Waals surface area contributed by atoms with Gasteiger partial charge in [-0.1, -0.05) is 30.3 Å². The van der Waals surface area contributed by atoms with Gasteiger partial charge in [-0.25, -0.2) is 4.98 Å². The minimum absolute atomic E-state index is 0.0841. The first-order chi connectivity index (χ1) is 10.6. The van der Waals surface area contributed by atoms with E-state index in [4.69, 9.17) is 0 Å². The highest BCUT2D eigenvalue weighted by Gasteiger charge is 2.14. The Balaban J connectivity index is 1.94. The van der Waals surface area contributed by atoms with Crippen LogP contribution in [0.15, 0.2) is 48.7 Å². The summed E-state index contributed by atoms with van der Waals surface area (Å²) in [6, 6.07) is 12.9. The van der Waals surface area contributed by atoms with Crippen molar-refractivity contribution in [3.8, 4) is 0 Å². The number of hydrogen-bond acceptors (Lipinski definition) is 4. The number of nitrogens with zero attached hydrogens (tertiary/aromatic N) is 2. The maximum Gasteiger partial charge on any atom is 0.253 e. The van der Waals surface area contributed by atoms with Gasteiger partial charge in [-0.15, -0.1) is 0 Å². The van der Waals surface area contributed by atoms with Crippen LogP contribution in [0.1, 0.15) is 28.4 Å². The zero-order valence-corrected chi connectivity index (χ0v) is 12.9. The van der Waals surface area contributed by atoms with Crippen molar-refractivity contribution in [2.24, 2.45) is 0 Å². The minimum Gasteiger partial charge on any atom is -0.388 e. The summed E-state index contributed by atoms with van der Waals surface area (Å²) >= 11 is 0. The first-order valence-corrected chi connectivity index (χ1v) is 7.24. The van der Waals surface area contributed by atoms with Crippen molar-refractivity contribution in [3.05, 3.63) is 59.8 Å². The standard InChI is InChI=1S/C17H21N3O2/c1-18-16-12-14(8-10-19-16)17(22)20(2)11-9-15(21)13-6-4-3-5-7-13/h3-8,10,12,15,21H,9,11H2,1-2H3,(H,18,19)/t15-/m0/s1. The number of aliphatic hydroxyl groups excluding tert-OH is 1. The highest BCUT2D eigenvalue weighted by molar-refractivity contribution is 5.94. The molecule has 1 aromatic heterocycles. The zero-order valence-electron chi connectivity index (χ0n) is 12.9. The molecule has 1 atom stereocenters. The third-order valence-electron chi connectivity index (χ3n) is 3.53. The van der Waals surface area contributed by atoms with Crippen molar-refractivity contribution < 1.29 is 9.90 Å². The Morgan fingerprint density at radius 1 is 1.32 bits per heavy atom. The molecular weight excluding hydrogens is 278 g/mol. The minimum atomic E-state index is -0.568. The van der Waals surface area contributed by atoms with Crippen LogP contribution in [0.5, 0.6) is 0 Å². The molecule has 1 amide bonds. The lowest BCUT2D eigenvalue weighted by Crippen LogP contribution is -2.28. The van der Waals surface area contributed by atoms with Crippen LogP contribution in [0.4, 0.5) is 5.82 Å². The summed E-state index contributed by atoms with van der Waals surface area (Å²) in [6.07, 6.45) is 1.53. The topological polar surface area (TPSA) is 65.5 Å². The van der Waals surface area contributed by atoms with Gasteiger partial charge in [0.15, 0.2) is 0 Å². The molecule has 0 aliphatic rings. The summed E-state index contributed by atoms with van der Waals surface area (Å²) in [7, 11) is 3.50. The third kappa shape index (κ3) is 4.05. The van der Waals surface area contributed by atoms with E-state index in [1.54, 1.807) is 37.3 Å². The predicted octanol–water partition coefficient (Wildman–Crippen LogP) is 2.32. The Hall–Kier alpha value is -2.40. The number of hydrogen-bond donors (Lipinski definition) is 2. The molecule has 0 saturated heterocycles. The predicted molar refractivity (Wildman–Crippen MR) is 86.8 cm³/mol. The van der Waals surface area contributed by atoms with Crippen LogP contribution >= 0.6 is 0 Å². The lowest BCUT2D eigenvalue weighted by atomic mass is 10.1. The molecule has 0 bridgehead atoms. The zero-order chi connectivity index (χ0) is 15.9. The molecule has 0 fully saturated rings. The number of carbonyl (C=O) groups excluding carboxylic acids is 1. The summed E-state index contributed by atoms with van der Waals surface area (Å²) in [4.78, 5) is 18.1. The van der Waals surface area contributed by atoms with E-state index in [1.807, 2.05) is 30.3 Å². The van der Waals surface area contributed by atoms with Gasteiger partial charge < -0.3 is 15.3 Å². The molecule has 22 heavy (non-hydrogen) atoms.